The van der Waals surface area contributed by atoms with E-state index in [2.05, 4.69) is 57.4 Å². The van der Waals surface area contributed by atoms with Gasteiger partial charge < -0.3 is 20.9 Å². The van der Waals surface area contributed by atoms with Crippen LogP contribution in [0.2, 0.25) is 0 Å². The van der Waals surface area contributed by atoms with Crippen molar-refractivity contribution in [3.8, 4) is 0 Å². The van der Waals surface area contributed by atoms with Crippen LogP contribution in [0.25, 0.3) is 0 Å². The highest BCUT2D eigenvalue weighted by Crippen LogP contribution is 2.27. The lowest BCUT2D eigenvalue weighted by Crippen LogP contribution is -2.57. The fourth-order valence-corrected chi connectivity index (χ4v) is 4.60. The van der Waals surface area contributed by atoms with Crippen LogP contribution in [0.4, 0.5) is 21.9 Å². The fraction of sp³-hybridized carbons (Fsp3) is 0.423. The van der Waals surface area contributed by atoms with Gasteiger partial charge in [-0.1, -0.05) is 31.9 Å². The maximum atomic E-state index is 12.2. The van der Waals surface area contributed by atoms with Crippen molar-refractivity contribution in [2.24, 2.45) is 5.92 Å². The van der Waals surface area contributed by atoms with Crippen LogP contribution in [0.5, 0.6) is 0 Å². The number of nitrogens with one attached hydrogen (secondary N) is 4. The maximum Gasteiger partial charge on any atom is 0.322 e. The van der Waals surface area contributed by atoms with Crippen LogP contribution in [0.1, 0.15) is 44.6 Å². The second-order valence-electron chi connectivity index (χ2n) is 9.08. The molecule has 34 heavy (non-hydrogen) atoms. The van der Waals surface area contributed by atoms with Crippen LogP contribution in [0.15, 0.2) is 48.5 Å². The van der Waals surface area contributed by atoms with Crippen molar-refractivity contribution < 1.29 is 14.4 Å². The largest absolute Gasteiger partial charge is 0.372 e. The highest BCUT2D eigenvalue weighted by Gasteiger charge is 2.29. The molecule has 1 unspecified atom stereocenters. The zero-order chi connectivity index (χ0) is 23.9. The smallest absolute Gasteiger partial charge is 0.322 e. The molecule has 8 heteroatoms. The summed E-state index contributed by atoms with van der Waals surface area (Å²) in [5.41, 5.74) is 4.18. The standard InChI is InChI=1S/C26H33N5O3/c1-2-3-18-12-14-31(15-13-18)22-10-8-21(9-11-22)28-20-6-4-19(5-7-20)17-27-25(33)23-16-24(32)30-26(34)29-23/h4-11,18,23,28H,2-3,12-17H2,1H3,(H,27,33)(H2,29,30,32,34). The van der Waals surface area contributed by atoms with Crippen molar-refractivity contribution in [1.29, 1.82) is 0 Å². The van der Waals surface area contributed by atoms with E-state index in [1.54, 1.807) is 0 Å². The first-order valence-corrected chi connectivity index (χ1v) is 12.1. The molecule has 2 aliphatic heterocycles. The summed E-state index contributed by atoms with van der Waals surface area (Å²) in [7, 11) is 0. The summed E-state index contributed by atoms with van der Waals surface area (Å²) >= 11 is 0. The summed E-state index contributed by atoms with van der Waals surface area (Å²) in [6, 6.07) is 14.9. The molecule has 4 rings (SSSR count). The lowest BCUT2D eigenvalue weighted by Gasteiger charge is -2.33. The molecule has 0 radical (unpaired) electrons. The van der Waals surface area contributed by atoms with Gasteiger partial charge in [0.05, 0.1) is 6.42 Å². The van der Waals surface area contributed by atoms with Crippen molar-refractivity contribution in [2.45, 2.75) is 51.6 Å². The van der Waals surface area contributed by atoms with E-state index < -0.39 is 18.0 Å². The molecule has 0 spiro atoms. The first-order chi connectivity index (χ1) is 16.5. The molecule has 2 aromatic carbocycles. The van der Waals surface area contributed by atoms with Crippen LogP contribution in [0.3, 0.4) is 0 Å². The molecule has 2 aromatic rings. The fourth-order valence-electron chi connectivity index (χ4n) is 4.60. The van der Waals surface area contributed by atoms with Crippen molar-refractivity contribution in [1.82, 2.24) is 16.0 Å². The predicted octanol–water partition coefficient (Wildman–Crippen LogP) is 3.66. The van der Waals surface area contributed by atoms with E-state index in [0.717, 1.165) is 35.9 Å². The van der Waals surface area contributed by atoms with E-state index in [9.17, 15) is 14.4 Å². The van der Waals surface area contributed by atoms with E-state index in [-0.39, 0.29) is 12.3 Å². The predicted molar refractivity (Wildman–Crippen MR) is 133 cm³/mol. The molecular weight excluding hydrogens is 430 g/mol. The van der Waals surface area contributed by atoms with Gasteiger partial charge in [-0.3, -0.25) is 14.9 Å². The summed E-state index contributed by atoms with van der Waals surface area (Å²) in [6.45, 7) is 4.86. The third kappa shape index (κ3) is 6.27. The number of nitrogens with zero attached hydrogens (tertiary/aromatic N) is 1. The van der Waals surface area contributed by atoms with E-state index in [1.165, 1.54) is 31.4 Å². The molecule has 0 aliphatic carbocycles. The summed E-state index contributed by atoms with van der Waals surface area (Å²) in [5.74, 6) is 0.0529. The molecule has 2 saturated heterocycles. The minimum atomic E-state index is -0.840. The van der Waals surface area contributed by atoms with Crippen LogP contribution in [-0.2, 0) is 16.1 Å². The summed E-state index contributed by atoms with van der Waals surface area (Å²) in [5, 5.41) is 10.7. The molecule has 2 fully saturated rings. The maximum absolute atomic E-state index is 12.2. The van der Waals surface area contributed by atoms with Gasteiger partial charge in [0, 0.05) is 36.7 Å². The zero-order valence-corrected chi connectivity index (χ0v) is 19.6. The molecule has 180 valence electrons. The molecule has 2 aliphatic rings. The minimum Gasteiger partial charge on any atom is -0.372 e. The van der Waals surface area contributed by atoms with E-state index >= 15 is 0 Å². The number of rotatable bonds is 8. The number of piperidine rings is 1. The monoisotopic (exact) mass is 463 g/mol. The zero-order valence-electron chi connectivity index (χ0n) is 19.6. The molecule has 0 saturated carbocycles. The van der Waals surface area contributed by atoms with Gasteiger partial charge in [-0.05, 0) is 60.7 Å². The van der Waals surface area contributed by atoms with Gasteiger partial charge in [0.1, 0.15) is 6.04 Å². The van der Waals surface area contributed by atoms with Gasteiger partial charge in [0.2, 0.25) is 11.8 Å². The summed E-state index contributed by atoms with van der Waals surface area (Å²) < 4.78 is 0. The Morgan fingerprint density at radius 3 is 2.26 bits per heavy atom. The number of carbonyl (C=O) groups excluding carboxylic acids is 3. The molecule has 1 atom stereocenters. The molecular formula is C26H33N5O3. The quantitative estimate of drug-likeness (QED) is 0.479. The first-order valence-electron chi connectivity index (χ1n) is 12.1. The third-order valence-corrected chi connectivity index (χ3v) is 6.52. The Bertz CT molecular complexity index is 982. The van der Waals surface area contributed by atoms with Crippen LogP contribution in [0, 0.1) is 5.92 Å². The average molecular weight is 464 g/mol. The van der Waals surface area contributed by atoms with Gasteiger partial charge in [-0.25, -0.2) is 4.79 Å². The van der Waals surface area contributed by atoms with E-state index in [4.69, 9.17) is 0 Å². The Hall–Kier alpha value is -3.55. The summed E-state index contributed by atoms with van der Waals surface area (Å²) in [6.07, 6.45) is 5.13. The number of carbonyl (C=O) groups is 3. The number of anilines is 3. The van der Waals surface area contributed by atoms with Gasteiger partial charge in [-0.15, -0.1) is 0 Å². The Morgan fingerprint density at radius 1 is 1.00 bits per heavy atom. The SMILES string of the molecule is CCCC1CCN(c2ccc(Nc3ccc(CNC(=O)C4CC(=O)NC(=O)N4)cc3)cc2)CC1. The highest BCUT2D eigenvalue weighted by molar-refractivity contribution is 6.02. The normalized spacial score (nSPS) is 18.7. The Labute approximate surface area is 200 Å². The van der Waals surface area contributed by atoms with Crippen molar-refractivity contribution in [2.75, 3.05) is 23.3 Å². The molecule has 2 heterocycles. The topological polar surface area (TPSA) is 103 Å². The lowest BCUT2D eigenvalue weighted by atomic mass is 9.92. The number of hydrogen-bond donors (Lipinski definition) is 4. The van der Waals surface area contributed by atoms with Crippen LogP contribution in [-0.4, -0.2) is 37.0 Å². The second kappa shape index (κ2) is 11.0. The Balaban J connectivity index is 1.24. The van der Waals surface area contributed by atoms with Crippen LogP contribution < -0.4 is 26.2 Å². The van der Waals surface area contributed by atoms with Gasteiger partial charge >= 0.3 is 6.03 Å². The number of urea groups is 1. The average Bonchev–Trinajstić information content (AvgIpc) is 2.84. The number of hydrogen-bond acceptors (Lipinski definition) is 5. The van der Waals surface area contributed by atoms with E-state index in [1.807, 2.05) is 24.3 Å². The highest BCUT2D eigenvalue weighted by atomic mass is 16.2. The minimum absolute atomic E-state index is 0.0592. The Morgan fingerprint density at radius 2 is 1.65 bits per heavy atom. The summed E-state index contributed by atoms with van der Waals surface area (Å²) in [4.78, 5) is 37.5. The number of benzene rings is 2. The van der Waals surface area contributed by atoms with Gasteiger partial charge in [0.25, 0.3) is 0 Å². The third-order valence-electron chi connectivity index (χ3n) is 6.52. The van der Waals surface area contributed by atoms with Crippen molar-refractivity contribution >= 4 is 34.9 Å². The number of amides is 4. The van der Waals surface area contributed by atoms with Gasteiger partial charge in [-0.2, -0.15) is 0 Å². The molecule has 8 nitrogen and oxygen atoms in total. The number of imide groups is 1. The molecule has 4 amide bonds. The lowest BCUT2D eigenvalue weighted by molar-refractivity contribution is -0.128. The van der Waals surface area contributed by atoms with Crippen LogP contribution >= 0.6 is 0 Å². The van der Waals surface area contributed by atoms with E-state index in [0.29, 0.717) is 6.54 Å². The van der Waals surface area contributed by atoms with Crippen molar-refractivity contribution in [3.63, 3.8) is 0 Å². The first kappa shape index (κ1) is 23.6. The van der Waals surface area contributed by atoms with Gasteiger partial charge in [0.15, 0.2) is 0 Å². The van der Waals surface area contributed by atoms with Crippen molar-refractivity contribution in [3.05, 3.63) is 54.1 Å². The molecule has 0 aromatic heterocycles. The Kier molecular flexibility index (Phi) is 7.67. The molecule has 4 N–H and O–H groups in total. The second-order valence-corrected chi connectivity index (χ2v) is 9.08. The molecule has 0 bridgehead atoms.